The van der Waals surface area contributed by atoms with Crippen LogP contribution in [0, 0.1) is 0 Å². The quantitative estimate of drug-likeness (QED) is 0.216. The van der Waals surface area contributed by atoms with Gasteiger partial charge in [-0.3, -0.25) is 4.79 Å². The second-order valence-corrected chi connectivity index (χ2v) is 9.75. The molecule has 1 amide bonds. The number of benzene rings is 4. The van der Waals surface area contributed by atoms with Crippen LogP contribution in [0.5, 0.6) is 0 Å². The summed E-state index contributed by atoms with van der Waals surface area (Å²) in [7, 11) is 0. The molecule has 0 aliphatic rings. The molecule has 0 fully saturated rings. The minimum Gasteiger partial charge on any atom is -0.361 e. The van der Waals surface area contributed by atoms with Gasteiger partial charge in [-0.25, -0.2) is 0 Å². The molecule has 0 bridgehead atoms. The third-order valence-electron chi connectivity index (χ3n) is 6.55. The van der Waals surface area contributed by atoms with Crippen LogP contribution in [-0.2, 0) is 11.2 Å². The van der Waals surface area contributed by atoms with E-state index < -0.39 is 0 Å². The number of aromatic nitrogens is 1. The third-order valence-corrected chi connectivity index (χ3v) is 7.29. The summed E-state index contributed by atoms with van der Waals surface area (Å²) in [4.78, 5) is 16.9. The number of hydrogen-bond acceptors (Lipinski definition) is 1. The lowest BCUT2D eigenvalue weighted by molar-refractivity contribution is -0.122. The minimum absolute atomic E-state index is 0.0267. The molecule has 0 saturated heterocycles. The highest BCUT2D eigenvalue weighted by atomic mass is 35.5. The SMILES string of the molecule is O=C(CC(c1ccc(Cl)c(Cl)c1)c1c[nH]c2ccccc12)NC(Cc1ccccc1)c1ccccc1. The zero-order valence-electron chi connectivity index (χ0n) is 19.6. The van der Waals surface area contributed by atoms with Gasteiger partial charge < -0.3 is 10.3 Å². The Kier molecular flexibility index (Phi) is 7.41. The Balaban J connectivity index is 1.46. The van der Waals surface area contributed by atoms with Gasteiger partial charge in [0.25, 0.3) is 0 Å². The van der Waals surface area contributed by atoms with E-state index in [1.165, 1.54) is 5.56 Å². The monoisotopic (exact) mass is 512 g/mol. The second kappa shape index (κ2) is 11.0. The van der Waals surface area contributed by atoms with E-state index in [0.717, 1.165) is 27.6 Å². The minimum atomic E-state index is -0.191. The second-order valence-electron chi connectivity index (χ2n) is 8.94. The van der Waals surface area contributed by atoms with E-state index >= 15 is 0 Å². The summed E-state index contributed by atoms with van der Waals surface area (Å²) in [6, 6.07) is 33.9. The Morgan fingerprint density at radius 3 is 2.22 bits per heavy atom. The van der Waals surface area contributed by atoms with E-state index in [1.807, 2.05) is 72.9 Å². The van der Waals surface area contributed by atoms with Crippen molar-refractivity contribution >= 4 is 40.0 Å². The molecule has 0 radical (unpaired) electrons. The van der Waals surface area contributed by atoms with E-state index in [2.05, 4.69) is 40.6 Å². The van der Waals surface area contributed by atoms with Crippen LogP contribution in [0.15, 0.2) is 109 Å². The zero-order valence-corrected chi connectivity index (χ0v) is 21.1. The van der Waals surface area contributed by atoms with Gasteiger partial charge in [0.15, 0.2) is 0 Å². The van der Waals surface area contributed by atoms with Gasteiger partial charge in [0.05, 0.1) is 16.1 Å². The molecule has 0 saturated carbocycles. The first kappa shape index (κ1) is 24.2. The van der Waals surface area contributed by atoms with Gasteiger partial charge in [0.2, 0.25) is 5.91 Å². The van der Waals surface area contributed by atoms with Crippen LogP contribution < -0.4 is 5.32 Å². The number of fused-ring (bicyclic) bond motifs is 1. The molecule has 180 valence electrons. The number of hydrogen-bond donors (Lipinski definition) is 2. The van der Waals surface area contributed by atoms with Crippen molar-refractivity contribution in [3.8, 4) is 0 Å². The van der Waals surface area contributed by atoms with Crippen molar-refractivity contribution in [2.24, 2.45) is 0 Å². The Morgan fingerprint density at radius 1 is 0.778 bits per heavy atom. The van der Waals surface area contributed by atoms with Crippen LogP contribution >= 0.6 is 23.2 Å². The molecule has 0 spiro atoms. The summed E-state index contributed by atoms with van der Waals surface area (Å²) in [6.07, 6.45) is 2.98. The van der Waals surface area contributed by atoms with Gasteiger partial charge >= 0.3 is 0 Å². The first-order valence-electron chi connectivity index (χ1n) is 12.0. The molecule has 5 aromatic rings. The molecule has 4 aromatic carbocycles. The van der Waals surface area contributed by atoms with Gasteiger partial charge in [0.1, 0.15) is 0 Å². The molecule has 1 aromatic heterocycles. The van der Waals surface area contributed by atoms with Crippen LogP contribution in [-0.4, -0.2) is 10.9 Å². The lowest BCUT2D eigenvalue weighted by Crippen LogP contribution is -2.31. The Labute approximate surface area is 221 Å². The Morgan fingerprint density at radius 2 is 1.47 bits per heavy atom. The number of rotatable bonds is 8. The summed E-state index contributed by atoms with van der Waals surface area (Å²) in [5.74, 6) is -0.217. The van der Waals surface area contributed by atoms with Crippen molar-refractivity contribution in [3.05, 3.63) is 142 Å². The van der Waals surface area contributed by atoms with Crippen LogP contribution in [0.1, 0.15) is 40.6 Å². The number of amides is 1. The fourth-order valence-electron chi connectivity index (χ4n) is 4.74. The molecule has 5 heteroatoms. The number of carbonyl (C=O) groups is 1. The van der Waals surface area contributed by atoms with Gasteiger partial charge in [-0.15, -0.1) is 0 Å². The van der Waals surface area contributed by atoms with Crippen molar-refractivity contribution in [1.82, 2.24) is 10.3 Å². The highest BCUT2D eigenvalue weighted by Gasteiger charge is 2.24. The molecule has 0 aliphatic heterocycles. The average Bonchev–Trinajstić information content (AvgIpc) is 3.34. The summed E-state index contributed by atoms with van der Waals surface area (Å²) in [5.41, 5.74) is 5.28. The summed E-state index contributed by atoms with van der Waals surface area (Å²) in [6.45, 7) is 0. The van der Waals surface area contributed by atoms with Gasteiger partial charge in [-0.2, -0.15) is 0 Å². The first-order chi connectivity index (χ1) is 17.6. The van der Waals surface area contributed by atoms with E-state index in [0.29, 0.717) is 16.5 Å². The van der Waals surface area contributed by atoms with Crippen LogP contribution in [0.25, 0.3) is 10.9 Å². The van der Waals surface area contributed by atoms with Crippen molar-refractivity contribution in [3.63, 3.8) is 0 Å². The van der Waals surface area contributed by atoms with Crippen molar-refractivity contribution < 1.29 is 4.79 Å². The average molecular weight is 513 g/mol. The standard InChI is InChI=1S/C31H26Cl2N2O/c32-27-16-15-23(18-28(27)33)25(26-20-34-29-14-8-7-13-24(26)29)19-31(36)35-30(22-11-5-2-6-12-22)17-21-9-3-1-4-10-21/h1-16,18,20,25,30,34H,17,19H2,(H,35,36). The Bertz CT molecular complexity index is 1460. The van der Waals surface area contributed by atoms with Crippen LogP contribution in [0.3, 0.4) is 0 Å². The number of nitrogens with one attached hydrogen (secondary N) is 2. The normalized spacial score (nSPS) is 12.8. The summed E-state index contributed by atoms with van der Waals surface area (Å²) >= 11 is 12.6. The maximum atomic E-state index is 13.6. The lowest BCUT2D eigenvalue weighted by atomic mass is 9.87. The van der Waals surface area contributed by atoms with Gasteiger partial charge in [-0.05, 0) is 46.9 Å². The topological polar surface area (TPSA) is 44.9 Å². The maximum absolute atomic E-state index is 13.6. The number of carbonyl (C=O) groups excluding carboxylic acids is 1. The predicted molar refractivity (Wildman–Crippen MR) is 149 cm³/mol. The molecule has 1 heterocycles. The summed E-state index contributed by atoms with van der Waals surface area (Å²) < 4.78 is 0. The third kappa shape index (κ3) is 5.48. The number of halogens is 2. The number of para-hydroxylation sites is 1. The largest absolute Gasteiger partial charge is 0.361 e. The van der Waals surface area contributed by atoms with Crippen molar-refractivity contribution in [1.29, 1.82) is 0 Å². The van der Waals surface area contributed by atoms with Crippen molar-refractivity contribution in [2.75, 3.05) is 0 Å². The molecule has 2 N–H and O–H groups in total. The Hall–Kier alpha value is -3.53. The summed E-state index contributed by atoms with van der Waals surface area (Å²) in [5, 5.41) is 5.37. The fourth-order valence-corrected chi connectivity index (χ4v) is 5.05. The highest BCUT2D eigenvalue weighted by molar-refractivity contribution is 6.42. The molecule has 0 aliphatic carbocycles. The predicted octanol–water partition coefficient (Wildman–Crippen LogP) is 8.10. The van der Waals surface area contributed by atoms with E-state index in [1.54, 1.807) is 6.07 Å². The number of H-pyrrole nitrogens is 1. The van der Waals surface area contributed by atoms with Gasteiger partial charge in [0, 0.05) is 29.4 Å². The maximum Gasteiger partial charge on any atom is 0.221 e. The van der Waals surface area contributed by atoms with Crippen LogP contribution in [0.4, 0.5) is 0 Å². The number of aromatic amines is 1. The molecule has 5 rings (SSSR count). The van der Waals surface area contributed by atoms with E-state index in [4.69, 9.17) is 23.2 Å². The molecule has 36 heavy (non-hydrogen) atoms. The molecule has 2 unspecified atom stereocenters. The zero-order chi connectivity index (χ0) is 24.9. The molecule has 3 nitrogen and oxygen atoms in total. The van der Waals surface area contributed by atoms with E-state index in [-0.39, 0.29) is 24.3 Å². The van der Waals surface area contributed by atoms with Gasteiger partial charge in [-0.1, -0.05) is 108 Å². The van der Waals surface area contributed by atoms with E-state index in [9.17, 15) is 4.79 Å². The molecule has 2 atom stereocenters. The highest BCUT2D eigenvalue weighted by Crippen LogP contribution is 2.36. The van der Waals surface area contributed by atoms with Crippen LogP contribution in [0.2, 0.25) is 10.0 Å². The fraction of sp³-hybridized carbons (Fsp3) is 0.129. The van der Waals surface area contributed by atoms with Crippen molar-refractivity contribution in [2.45, 2.75) is 24.8 Å². The first-order valence-corrected chi connectivity index (χ1v) is 12.7. The molecular formula is C31H26Cl2N2O. The molecular weight excluding hydrogens is 487 g/mol. The smallest absolute Gasteiger partial charge is 0.221 e. The lowest BCUT2D eigenvalue weighted by Gasteiger charge is -2.23.